The number of alkyl halides is 4. The average molecular weight is 543 g/mol. The fraction of sp³-hybridized carbons (Fsp3) is 0.417. The van der Waals surface area contributed by atoms with Gasteiger partial charge in [-0.15, -0.1) is 4.31 Å². The minimum atomic E-state index is -4.63. The molecule has 0 aliphatic heterocycles. The smallest absolute Gasteiger partial charge is 0.387 e. The zero-order valence-corrected chi connectivity index (χ0v) is 20.9. The van der Waals surface area contributed by atoms with Crippen LogP contribution in [0.5, 0.6) is 5.75 Å². The second-order valence-electron chi connectivity index (χ2n) is 9.60. The molecule has 3 aromatic rings. The number of aromatic nitrogens is 2. The van der Waals surface area contributed by atoms with Crippen LogP contribution in [0.1, 0.15) is 51.6 Å². The van der Waals surface area contributed by atoms with E-state index in [2.05, 4.69) is 9.72 Å². The lowest BCUT2D eigenvalue weighted by molar-refractivity contribution is -0.0521. The van der Waals surface area contributed by atoms with Crippen LogP contribution in [-0.2, 0) is 10.0 Å². The van der Waals surface area contributed by atoms with Gasteiger partial charge in [0.15, 0.2) is 11.6 Å². The summed E-state index contributed by atoms with van der Waals surface area (Å²) < 4.78 is 99.5. The maximum Gasteiger partial charge on any atom is 0.387 e. The molecular weight excluding hydrogens is 519 g/mol. The molecule has 1 saturated carbocycles. The number of fused-ring (bicyclic) bond motifs is 1. The van der Waals surface area contributed by atoms with E-state index < -0.39 is 45.2 Å². The minimum absolute atomic E-state index is 0.0106. The predicted octanol–water partition coefficient (Wildman–Crippen LogP) is 6.05. The molecule has 0 N–H and O–H groups in total. The lowest BCUT2D eigenvalue weighted by Gasteiger charge is -2.33. The third-order valence-corrected chi connectivity index (χ3v) is 8.26. The first-order valence-corrected chi connectivity index (χ1v) is 12.7. The first kappa shape index (κ1) is 26.8. The standard InChI is InChI=1S/C24H23F5N4O3S/c1-24(2,3)33(22(26)27)37(34,35)14-7-8-18(31-12-14)21-16(11-30)15-9-17(25)20(36-23(28)29)10-19(15)32(21)13-5-4-6-13/h7-10,12-13,22-23H,4-6H2,1-3H3. The van der Waals surface area contributed by atoms with Crippen LogP contribution in [0.15, 0.2) is 35.4 Å². The molecule has 1 aliphatic carbocycles. The van der Waals surface area contributed by atoms with E-state index >= 15 is 0 Å². The number of sulfonamides is 1. The summed E-state index contributed by atoms with van der Waals surface area (Å²) in [6.07, 6.45) is 3.19. The van der Waals surface area contributed by atoms with Gasteiger partial charge in [0.2, 0.25) is 10.0 Å². The summed E-state index contributed by atoms with van der Waals surface area (Å²) in [5.41, 5.74) is -0.756. The van der Waals surface area contributed by atoms with Crippen LogP contribution in [0.2, 0.25) is 0 Å². The first-order valence-electron chi connectivity index (χ1n) is 11.3. The molecule has 0 spiro atoms. The van der Waals surface area contributed by atoms with E-state index in [0.29, 0.717) is 12.8 Å². The lowest BCUT2D eigenvalue weighted by atomic mass is 9.92. The van der Waals surface area contributed by atoms with E-state index in [1.165, 1.54) is 26.8 Å². The van der Waals surface area contributed by atoms with Crippen LogP contribution < -0.4 is 4.74 Å². The van der Waals surface area contributed by atoms with Crippen molar-refractivity contribution in [1.29, 1.82) is 5.26 Å². The topological polar surface area (TPSA) is 88.2 Å². The molecule has 1 aliphatic rings. The average Bonchev–Trinajstić information content (AvgIpc) is 3.03. The van der Waals surface area contributed by atoms with Gasteiger partial charge in [0, 0.05) is 29.2 Å². The molecule has 0 radical (unpaired) electrons. The molecule has 0 bridgehead atoms. The number of halogens is 5. The molecule has 0 atom stereocenters. The van der Waals surface area contributed by atoms with Gasteiger partial charge >= 0.3 is 13.2 Å². The number of pyridine rings is 1. The Morgan fingerprint density at radius 3 is 2.32 bits per heavy atom. The second-order valence-corrected chi connectivity index (χ2v) is 11.4. The van der Waals surface area contributed by atoms with Crippen molar-refractivity contribution in [3.63, 3.8) is 0 Å². The maximum absolute atomic E-state index is 14.5. The van der Waals surface area contributed by atoms with Crippen LogP contribution in [-0.4, -0.2) is 41.0 Å². The second kappa shape index (κ2) is 9.57. The van der Waals surface area contributed by atoms with Gasteiger partial charge < -0.3 is 9.30 Å². The van der Waals surface area contributed by atoms with E-state index in [0.717, 1.165) is 30.8 Å². The van der Waals surface area contributed by atoms with Crippen molar-refractivity contribution < 1.29 is 35.1 Å². The van der Waals surface area contributed by atoms with Gasteiger partial charge in [-0.25, -0.2) is 12.8 Å². The van der Waals surface area contributed by atoms with Crippen LogP contribution in [0.4, 0.5) is 22.0 Å². The van der Waals surface area contributed by atoms with Crippen molar-refractivity contribution in [3.8, 4) is 23.2 Å². The summed E-state index contributed by atoms with van der Waals surface area (Å²) in [4.78, 5) is 3.69. The lowest BCUT2D eigenvalue weighted by Crippen LogP contribution is -2.48. The van der Waals surface area contributed by atoms with Gasteiger partial charge in [-0.05, 0) is 58.2 Å². The van der Waals surface area contributed by atoms with Crippen LogP contribution >= 0.6 is 0 Å². The third kappa shape index (κ3) is 4.75. The number of hydrogen-bond donors (Lipinski definition) is 0. The Morgan fingerprint density at radius 1 is 1.19 bits per heavy atom. The maximum atomic E-state index is 14.5. The van der Waals surface area contributed by atoms with E-state index in [1.807, 2.05) is 6.07 Å². The Hall–Kier alpha value is -3.24. The number of nitrogens with zero attached hydrogens (tertiary/aromatic N) is 4. The fourth-order valence-corrected chi connectivity index (χ4v) is 6.01. The summed E-state index contributed by atoms with van der Waals surface area (Å²) in [5, 5.41) is 10.1. The molecule has 13 heteroatoms. The Kier molecular flexibility index (Phi) is 6.94. The molecule has 1 fully saturated rings. The largest absolute Gasteiger partial charge is 0.432 e. The molecule has 0 saturated heterocycles. The van der Waals surface area contributed by atoms with Crippen molar-refractivity contribution in [2.45, 2.75) is 69.7 Å². The third-order valence-electron chi connectivity index (χ3n) is 6.20. The highest BCUT2D eigenvalue weighted by Gasteiger charge is 2.40. The summed E-state index contributed by atoms with van der Waals surface area (Å²) in [7, 11) is -4.63. The highest BCUT2D eigenvalue weighted by Crippen LogP contribution is 2.43. The summed E-state index contributed by atoms with van der Waals surface area (Å²) in [5.74, 6) is -1.76. The monoisotopic (exact) mass is 542 g/mol. The van der Waals surface area contributed by atoms with E-state index in [1.54, 1.807) is 4.57 Å². The first-order chi connectivity index (χ1) is 17.3. The number of benzene rings is 1. The summed E-state index contributed by atoms with van der Waals surface area (Å²) in [6.45, 7) is -2.55. The van der Waals surface area contributed by atoms with Crippen molar-refractivity contribution in [2.24, 2.45) is 0 Å². The number of hydrogen-bond acceptors (Lipinski definition) is 5. The van der Waals surface area contributed by atoms with E-state index in [4.69, 9.17) is 0 Å². The van der Waals surface area contributed by atoms with E-state index in [-0.39, 0.29) is 38.2 Å². The Morgan fingerprint density at radius 2 is 1.86 bits per heavy atom. The summed E-state index contributed by atoms with van der Waals surface area (Å²) >= 11 is 0. The molecule has 0 amide bonds. The van der Waals surface area contributed by atoms with Gasteiger partial charge in [-0.2, -0.15) is 22.8 Å². The number of nitriles is 1. The SMILES string of the molecule is CC(C)(C)N(C(F)F)S(=O)(=O)c1ccc(-c2c(C#N)c3cc(F)c(OC(F)F)cc3n2C2CCC2)nc1. The zero-order chi connectivity index (χ0) is 27.3. The van der Waals surface area contributed by atoms with E-state index in [9.17, 15) is 35.6 Å². The number of ether oxygens (including phenoxy) is 1. The van der Waals surface area contributed by atoms with Crippen LogP contribution in [0, 0.1) is 17.1 Å². The van der Waals surface area contributed by atoms with Crippen molar-refractivity contribution in [1.82, 2.24) is 13.9 Å². The molecule has 1 aromatic carbocycles. The highest BCUT2D eigenvalue weighted by atomic mass is 32.2. The molecule has 198 valence electrons. The number of rotatable bonds is 7. The fourth-order valence-electron chi connectivity index (χ4n) is 4.43. The summed E-state index contributed by atoms with van der Waals surface area (Å²) in [6, 6.07) is 6.27. The molecule has 0 unspecified atom stereocenters. The normalized spacial score (nSPS) is 15.0. The zero-order valence-electron chi connectivity index (χ0n) is 20.1. The van der Waals surface area contributed by atoms with Gasteiger partial charge in [0.1, 0.15) is 11.0 Å². The Labute approximate surface area is 210 Å². The van der Waals surface area contributed by atoms with Gasteiger partial charge in [-0.1, -0.05) is 0 Å². The van der Waals surface area contributed by atoms with Gasteiger partial charge in [0.25, 0.3) is 0 Å². The van der Waals surface area contributed by atoms with Crippen LogP contribution in [0.25, 0.3) is 22.3 Å². The Bertz CT molecular complexity index is 1470. The molecule has 37 heavy (non-hydrogen) atoms. The minimum Gasteiger partial charge on any atom is -0.432 e. The Balaban J connectivity index is 1.89. The molecule has 2 heterocycles. The molecular formula is C24H23F5N4O3S. The highest BCUT2D eigenvalue weighted by molar-refractivity contribution is 7.89. The van der Waals surface area contributed by atoms with Crippen LogP contribution in [0.3, 0.4) is 0 Å². The predicted molar refractivity (Wildman–Crippen MR) is 124 cm³/mol. The van der Waals surface area contributed by atoms with Crippen molar-refractivity contribution in [2.75, 3.05) is 0 Å². The van der Waals surface area contributed by atoms with Crippen molar-refractivity contribution in [3.05, 3.63) is 41.8 Å². The quantitative estimate of drug-likeness (QED) is 0.268. The molecule has 4 rings (SSSR count). The molecule has 7 nitrogen and oxygen atoms in total. The van der Waals surface area contributed by atoms with Gasteiger partial charge in [-0.3, -0.25) is 4.98 Å². The van der Waals surface area contributed by atoms with Gasteiger partial charge in [0.05, 0.1) is 22.5 Å². The van der Waals surface area contributed by atoms with Crippen molar-refractivity contribution >= 4 is 20.9 Å². The molecule has 2 aromatic heterocycles.